The molecular weight excluding hydrogens is 214 g/mol. The molecule has 1 saturated heterocycles. The van der Waals surface area contributed by atoms with E-state index in [1.807, 2.05) is 0 Å². The van der Waals surface area contributed by atoms with Crippen molar-refractivity contribution in [2.45, 2.75) is 39.2 Å². The second-order valence-corrected chi connectivity index (χ2v) is 5.55. The maximum absolute atomic E-state index is 3.65. The highest BCUT2D eigenvalue weighted by molar-refractivity contribution is 7.99. The van der Waals surface area contributed by atoms with Crippen molar-refractivity contribution in [1.29, 1.82) is 0 Å². The summed E-state index contributed by atoms with van der Waals surface area (Å²) in [6.45, 7) is 4.47. The van der Waals surface area contributed by atoms with Crippen LogP contribution in [0.2, 0.25) is 0 Å². The molecule has 0 spiro atoms. The summed E-state index contributed by atoms with van der Waals surface area (Å²) in [7, 11) is 0. The molecule has 1 nitrogen and oxygen atoms in total. The van der Waals surface area contributed by atoms with E-state index in [-0.39, 0.29) is 0 Å². The van der Waals surface area contributed by atoms with Gasteiger partial charge >= 0.3 is 0 Å². The normalized spacial score (nSPS) is 20.0. The third-order valence-electron chi connectivity index (χ3n) is 3.27. The molecule has 88 valence electrons. The molecular formula is C14H21NS. The number of anilines is 1. The Balaban J connectivity index is 2.09. The van der Waals surface area contributed by atoms with Crippen LogP contribution in [0.4, 0.5) is 5.69 Å². The molecule has 0 saturated carbocycles. The largest absolute Gasteiger partial charge is 0.381 e. The van der Waals surface area contributed by atoms with E-state index in [1.54, 1.807) is 0 Å². The number of thioether (sulfide) groups is 1. The van der Waals surface area contributed by atoms with Crippen molar-refractivity contribution in [3.63, 3.8) is 0 Å². The highest BCUT2D eigenvalue weighted by Crippen LogP contribution is 2.23. The Labute approximate surface area is 103 Å². The van der Waals surface area contributed by atoms with Gasteiger partial charge in [0.2, 0.25) is 0 Å². The van der Waals surface area contributed by atoms with Crippen molar-refractivity contribution in [2.24, 2.45) is 0 Å². The first-order valence-electron chi connectivity index (χ1n) is 6.29. The highest BCUT2D eigenvalue weighted by atomic mass is 32.2. The third-order valence-corrected chi connectivity index (χ3v) is 4.43. The van der Waals surface area contributed by atoms with E-state index in [9.17, 15) is 0 Å². The Morgan fingerprint density at radius 1 is 1.25 bits per heavy atom. The van der Waals surface area contributed by atoms with Gasteiger partial charge in [0.1, 0.15) is 0 Å². The first-order valence-corrected chi connectivity index (χ1v) is 7.45. The van der Waals surface area contributed by atoms with Crippen LogP contribution in [0.15, 0.2) is 18.2 Å². The first kappa shape index (κ1) is 11.8. The summed E-state index contributed by atoms with van der Waals surface area (Å²) >= 11 is 2.06. The summed E-state index contributed by atoms with van der Waals surface area (Å²) in [6, 6.07) is 7.54. The molecule has 16 heavy (non-hydrogen) atoms. The van der Waals surface area contributed by atoms with Crippen LogP contribution in [0, 0.1) is 0 Å². The SMILES string of the molecule is CCc1ccc(NC2CCSC2)cc1CC. The molecule has 0 aromatic heterocycles. The Bertz CT molecular complexity index is 343. The van der Waals surface area contributed by atoms with Gasteiger partial charge in [0.05, 0.1) is 0 Å². The summed E-state index contributed by atoms with van der Waals surface area (Å²) in [5, 5.41) is 3.65. The quantitative estimate of drug-likeness (QED) is 0.853. The van der Waals surface area contributed by atoms with Crippen LogP contribution in [-0.2, 0) is 12.8 Å². The second-order valence-electron chi connectivity index (χ2n) is 4.40. The number of nitrogens with one attached hydrogen (secondary N) is 1. The number of hydrogen-bond donors (Lipinski definition) is 1. The van der Waals surface area contributed by atoms with Gasteiger partial charge in [-0.2, -0.15) is 11.8 Å². The monoisotopic (exact) mass is 235 g/mol. The van der Waals surface area contributed by atoms with Crippen LogP contribution < -0.4 is 5.32 Å². The van der Waals surface area contributed by atoms with Crippen molar-refractivity contribution in [3.05, 3.63) is 29.3 Å². The predicted molar refractivity (Wildman–Crippen MR) is 74.6 cm³/mol. The van der Waals surface area contributed by atoms with Gasteiger partial charge in [0, 0.05) is 17.5 Å². The predicted octanol–water partition coefficient (Wildman–Crippen LogP) is 3.73. The lowest BCUT2D eigenvalue weighted by Crippen LogP contribution is -2.18. The van der Waals surface area contributed by atoms with Crippen LogP contribution in [0.5, 0.6) is 0 Å². The lowest BCUT2D eigenvalue weighted by molar-refractivity contribution is 0.812. The van der Waals surface area contributed by atoms with E-state index in [0.717, 1.165) is 12.8 Å². The summed E-state index contributed by atoms with van der Waals surface area (Å²) in [5.41, 5.74) is 4.30. The van der Waals surface area contributed by atoms with Crippen LogP contribution in [0.1, 0.15) is 31.4 Å². The summed E-state index contributed by atoms with van der Waals surface area (Å²) in [6.07, 6.45) is 3.59. The fraction of sp³-hybridized carbons (Fsp3) is 0.571. The summed E-state index contributed by atoms with van der Waals surface area (Å²) < 4.78 is 0. The van der Waals surface area contributed by atoms with E-state index in [0.29, 0.717) is 6.04 Å². The lowest BCUT2D eigenvalue weighted by atomic mass is 10.0. The molecule has 1 aliphatic heterocycles. The minimum Gasteiger partial charge on any atom is -0.381 e. The van der Waals surface area contributed by atoms with E-state index < -0.39 is 0 Å². The lowest BCUT2D eigenvalue weighted by Gasteiger charge is -2.15. The second kappa shape index (κ2) is 5.62. The van der Waals surface area contributed by atoms with Gasteiger partial charge in [-0.1, -0.05) is 19.9 Å². The van der Waals surface area contributed by atoms with E-state index in [4.69, 9.17) is 0 Å². The summed E-state index contributed by atoms with van der Waals surface area (Å²) in [5.74, 6) is 2.57. The zero-order valence-corrected chi connectivity index (χ0v) is 11.1. The van der Waals surface area contributed by atoms with Gasteiger partial charge in [0.25, 0.3) is 0 Å². The smallest absolute Gasteiger partial charge is 0.0359 e. The van der Waals surface area contributed by atoms with Crippen molar-refractivity contribution >= 4 is 17.4 Å². The van der Waals surface area contributed by atoms with Crippen LogP contribution >= 0.6 is 11.8 Å². The number of aryl methyl sites for hydroxylation is 2. The molecule has 0 amide bonds. The molecule has 1 unspecified atom stereocenters. The standard InChI is InChI=1S/C14H21NS/c1-3-11-5-6-13(9-12(11)4-2)15-14-7-8-16-10-14/h5-6,9,14-15H,3-4,7-8,10H2,1-2H3. The van der Waals surface area contributed by atoms with Gasteiger partial charge < -0.3 is 5.32 Å². The Morgan fingerprint density at radius 2 is 2.06 bits per heavy atom. The Kier molecular flexibility index (Phi) is 4.16. The fourth-order valence-corrected chi connectivity index (χ4v) is 3.43. The molecule has 1 N–H and O–H groups in total. The van der Waals surface area contributed by atoms with Crippen molar-refractivity contribution in [3.8, 4) is 0 Å². The molecule has 0 radical (unpaired) electrons. The van der Waals surface area contributed by atoms with Crippen LogP contribution in [0.3, 0.4) is 0 Å². The minimum atomic E-state index is 0.683. The zero-order chi connectivity index (χ0) is 11.4. The van der Waals surface area contributed by atoms with Crippen LogP contribution in [-0.4, -0.2) is 17.5 Å². The van der Waals surface area contributed by atoms with Crippen molar-refractivity contribution in [1.82, 2.24) is 0 Å². The van der Waals surface area contributed by atoms with Gasteiger partial charge in [-0.15, -0.1) is 0 Å². The molecule has 1 heterocycles. The Morgan fingerprint density at radius 3 is 2.69 bits per heavy atom. The summed E-state index contributed by atoms with van der Waals surface area (Å²) in [4.78, 5) is 0. The average molecular weight is 235 g/mol. The van der Waals surface area contributed by atoms with Gasteiger partial charge in [-0.25, -0.2) is 0 Å². The van der Waals surface area contributed by atoms with E-state index in [1.165, 1.54) is 34.7 Å². The number of rotatable bonds is 4. The van der Waals surface area contributed by atoms with E-state index in [2.05, 4.69) is 49.1 Å². The van der Waals surface area contributed by atoms with E-state index >= 15 is 0 Å². The zero-order valence-electron chi connectivity index (χ0n) is 10.3. The fourth-order valence-electron chi connectivity index (χ4n) is 2.27. The minimum absolute atomic E-state index is 0.683. The van der Waals surface area contributed by atoms with Gasteiger partial charge in [0.15, 0.2) is 0 Å². The molecule has 1 aliphatic rings. The average Bonchev–Trinajstić information content (AvgIpc) is 2.81. The highest BCUT2D eigenvalue weighted by Gasteiger charge is 2.15. The molecule has 0 bridgehead atoms. The molecule has 1 aromatic rings. The first-order chi connectivity index (χ1) is 7.83. The maximum Gasteiger partial charge on any atom is 0.0359 e. The molecule has 1 atom stereocenters. The third kappa shape index (κ3) is 2.73. The van der Waals surface area contributed by atoms with Gasteiger partial charge in [-0.05, 0) is 48.3 Å². The topological polar surface area (TPSA) is 12.0 Å². The van der Waals surface area contributed by atoms with Crippen molar-refractivity contribution in [2.75, 3.05) is 16.8 Å². The van der Waals surface area contributed by atoms with Crippen LogP contribution in [0.25, 0.3) is 0 Å². The molecule has 1 fully saturated rings. The molecule has 1 aromatic carbocycles. The Hall–Kier alpha value is -0.630. The number of hydrogen-bond acceptors (Lipinski definition) is 2. The van der Waals surface area contributed by atoms with Gasteiger partial charge in [-0.3, -0.25) is 0 Å². The molecule has 2 rings (SSSR count). The number of benzene rings is 1. The maximum atomic E-state index is 3.65. The molecule has 0 aliphatic carbocycles. The van der Waals surface area contributed by atoms with Crippen molar-refractivity contribution < 1.29 is 0 Å². The molecule has 2 heteroatoms.